The van der Waals surface area contributed by atoms with Crippen LogP contribution >= 0.6 is 0 Å². The Morgan fingerprint density at radius 2 is 1.42 bits per heavy atom. The summed E-state index contributed by atoms with van der Waals surface area (Å²) in [5.41, 5.74) is 0.0338. The standard InChI is InChI=1S/C26H17NO4/c28-23-11-12-27-25(29)21-10-8-18-17-6-3-14-1-2-15(26(30)31-16-4-5-16)13-22(14)19(17)7-9-20(18)24(21)23/h1-3,6-13,16H,4-5H2,(H,27,29). The molecule has 1 saturated carbocycles. The zero-order chi connectivity index (χ0) is 21.1. The van der Waals surface area contributed by atoms with Crippen LogP contribution in [0.25, 0.3) is 43.1 Å². The van der Waals surface area contributed by atoms with E-state index in [0.29, 0.717) is 16.3 Å². The molecule has 0 bridgehead atoms. The van der Waals surface area contributed by atoms with Crippen LogP contribution in [0.4, 0.5) is 0 Å². The van der Waals surface area contributed by atoms with Gasteiger partial charge in [-0.1, -0.05) is 36.4 Å². The Morgan fingerprint density at radius 3 is 2.23 bits per heavy atom. The van der Waals surface area contributed by atoms with Gasteiger partial charge in [0.1, 0.15) is 6.10 Å². The molecule has 5 heteroatoms. The minimum atomic E-state index is -0.295. The fraction of sp³-hybridized carbons (Fsp3) is 0.115. The van der Waals surface area contributed by atoms with Crippen LogP contribution in [0.5, 0.6) is 0 Å². The van der Waals surface area contributed by atoms with E-state index >= 15 is 0 Å². The highest BCUT2D eigenvalue weighted by Crippen LogP contribution is 2.34. The highest BCUT2D eigenvalue weighted by molar-refractivity contribution is 6.22. The van der Waals surface area contributed by atoms with Crippen molar-refractivity contribution in [1.29, 1.82) is 0 Å². The zero-order valence-corrected chi connectivity index (χ0v) is 16.5. The molecule has 1 N–H and O–H groups in total. The van der Waals surface area contributed by atoms with Gasteiger partial charge < -0.3 is 9.72 Å². The summed E-state index contributed by atoms with van der Waals surface area (Å²) in [5, 5.41) is 6.31. The number of ether oxygens (including phenoxy) is 1. The summed E-state index contributed by atoms with van der Waals surface area (Å²) in [6, 6.07) is 18.4. The number of aromatic amines is 1. The van der Waals surface area contributed by atoms with Gasteiger partial charge in [-0.3, -0.25) is 9.59 Å². The highest BCUT2D eigenvalue weighted by atomic mass is 16.5. The van der Waals surface area contributed by atoms with Gasteiger partial charge in [-0.15, -0.1) is 0 Å². The summed E-state index contributed by atoms with van der Waals surface area (Å²) in [6.45, 7) is 0. The molecule has 5 aromatic rings. The first-order valence-electron chi connectivity index (χ1n) is 10.2. The Kier molecular flexibility index (Phi) is 3.74. The van der Waals surface area contributed by atoms with Gasteiger partial charge in [0.2, 0.25) is 0 Å². The molecule has 1 aliphatic rings. The average Bonchev–Trinajstić information content (AvgIpc) is 3.61. The number of esters is 1. The molecule has 1 fully saturated rings. The number of benzene rings is 4. The maximum atomic E-state index is 12.7. The third-order valence-electron chi connectivity index (χ3n) is 5.99. The number of rotatable bonds is 2. The molecule has 0 amide bonds. The predicted molar refractivity (Wildman–Crippen MR) is 122 cm³/mol. The molecule has 0 unspecified atom stereocenters. The van der Waals surface area contributed by atoms with Crippen molar-refractivity contribution in [3.63, 3.8) is 0 Å². The molecule has 0 atom stereocenters. The van der Waals surface area contributed by atoms with Crippen LogP contribution in [0.2, 0.25) is 0 Å². The molecule has 1 aliphatic carbocycles. The Labute approximate surface area is 175 Å². The van der Waals surface area contributed by atoms with Crippen LogP contribution < -0.4 is 11.0 Å². The van der Waals surface area contributed by atoms with Gasteiger partial charge in [0.15, 0.2) is 5.43 Å². The molecule has 150 valence electrons. The number of carbonyl (C=O) groups excluding carboxylic acids is 1. The number of carbonyl (C=O) groups is 1. The van der Waals surface area contributed by atoms with Gasteiger partial charge in [0.25, 0.3) is 5.56 Å². The average molecular weight is 407 g/mol. The van der Waals surface area contributed by atoms with Gasteiger partial charge in [-0.2, -0.15) is 0 Å². The lowest BCUT2D eigenvalue weighted by molar-refractivity contribution is 0.0472. The minimum Gasteiger partial charge on any atom is -0.459 e. The van der Waals surface area contributed by atoms with Crippen LogP contribution in [0.3, 0.4) is 0 Å². The second kappa shape index (κ2) is 6.51. The second-order valence-electron chi connectivity index (χ2n) is 8.02. The number of H-pyrrole nitrogens is 1. The monoisotopic (exact) mass is 407 g/mol. The number of hydrogen-bond donors (Lipinski definition) is 1. The molecule has 0 radical (unpaired) electrons. The maximum absolute atomic E-state index is 12.7. The Balaban J connectivity index is 1.67. The van der Waals surface area contributed by atoms with E-state index < -0.39 is 0 Å². The number of hydrogen-bond acceptors (Lipinski definition) is 4. The maximum Gasteiger partial charge on any atom is 0.338 e. The summed E-state index contributed by atoms with van der Waals surface area (Å²) < 4.78 is 5.45. The lowest BCUT2D eigenvalue weighted by Crippen LogP contribution is -2.06. The van der Waals surface area contributed by atoms with E-state index in [1.54, 1.807) is 12.1 Å². The summed E-state index contributed by atoms with van der Waals surface area (Å²) in [6.07, 6.45) is 3.31. The first-order valence-corrected chi connectivity index (χ1v) is 10.2. The van der Waals surface area contributed by atoms with Crippen molar-refractivity contribution in [1.82, 2.24) is 4.98 Å². The molecule has 0 saturated heterocycles. The zero-order valence-electron chi connectivity index (χ0n) is 16.5. The minimum absolute atomic E-state index is 0.0544. The number of nitrogens with one attached hydrogen (secondary N) is 1. The molecule has 4 aromatic carbocycles. The van der Waals surface area contributed by atoms with Crippen LogP contribution in [0, 0.1) is 0 Å². The predicted octanol–water partition coefficient (Wildman–Crippen LogP) is 4.67. The molecule has 6 rings (SSSR count). The van der Waals surface area contributed by atoms with Crippen molar-refractivity contribution < 1.29 is 9.53 Å². The van der Waals surface area contributed by atoms with Crippen molar-refractivity contribution >= 4 is 49.1 Å². The van der Waals surface area contributed by atoms with E-state index in [2.05, 4.69) is 4.98 Å². The number of aromatic nitrogens is 1. The Bertz CT molecular complexity index is 1680. The molecule has 1 heterocycles. The molecule has 1 aromatic heterocycles. The highest BCUT2D eigenvalue weighted by Gasteiger charge is 2.26. The molecule has 5 nitrogen and oxygen atoms in total. The summed E-state index contributed by atoms with van der Waals surface area (Å²) in [5.74, 6) is -0.295. The van der Waals surface area contributed by atoms with Crippen LogP contribution in [-0.4, -0.2) is 17.1 Å². The smallest absolute Gasteiger partial charge is 0.338 e. The Hall–Kier alpha value is -3.99. The molecular formula is C26H17NO4. The van der Waals surface area contributed by atoms with E-state index in [9.17, 15) is 14.4 Å². The van der Waals surface area contributed by atoms with E-state index in [0.717, 1.165) is 45.2 Å². The van der Waals surface area contributed by atoms with Gasteiger partial charge >= 0.3 is 5.97 Å². The van der Waals surface area contributed by atoms with E-state index in [1.807, 2.05) is 42.5 Å². The van der Waals surface area contributed by atoms with Gasteiger partial charge in [-0.05, 0) is 63.4 Å². The first-order chi connectivity index (χ1) is 15.1. The third-order valence-corrected chi connectivity index (χ3v) is 5.99. The SMILES string of the molecule is O=C(OC1CC1)c1ccc2ccc3c(ccc4c3ccc3c(=O)[nH]ccc(=O)c34)c2c1. The Morgan fingerprint density at radius 1 is 0.774 bits per heavy atom. The van der Waals surface area contributed by atoms with Crippen molar-refractivity contribution in [2.24, 2.45) is 0 Å². The largest absolute Gasteiger partial charge is 0.459 e. The molecule has 0 aliphatic heterocycles. The number of fused-ring (bicyclic) bond motifs is 7. The lowest BCUT2D eigenvalue weighted by atomic mass is 9.94. The van der Waals surface area contributed by atoms with E-state index in [-0.39, 0.29) is 23.1 Å². The van der Waals surface area contributed by atoms with Gasteiger partial charge in [-0.25, -0.2) is 4.79 Å². The normalized spacial score (nSPS) is 13.8. The molecular weight excluding hydrogens is 390 g/mol. The quantitative estimate of drug-likeness (QED) is 0.341. The van der Waals surface area contributed by atoms with Crippen LogP contribution in [-0.2, 0) is 4.74 Å². The van der Waals surface area contributed by atoms with Crippen molar-refractivity contribution in [3.05, 3.63) is 93.0 Å². The summed E-state index contributed by atoms with van der Waals surface area (Å²) >= 11 is 0. The van der Waals surface area contributed by atoms with Crippen molar-refractivity contribution in [3.8, 4) is 0 Å². The van der Waals surface area contributed by atoms with Crippen LogP contribution in [0.1, 0.15) is 23.2 Å². The summed E-state index contributed by atoms with van der Waals surface area (Å²) in [4.78, 5) is 40.1. The summed E-state index contributed by atoms with van der Waals surface area (Å²) in [7, 11) is 0. The van der Waals surface area contributed by atoms with Gasteiger partial charge in [0.05, 0.1) is 10.9 Å². The van der Waals surface area contributed by atoms with E-state index in [4.69, 9.17) is 4.74 Å². The fourth-order valence-electron chi connectivity index (χ4n) is 4.29. The lowest BCUT2D eigenvalue weighted by Gasteiger charge is -2.10. The topological polar surface area (TPSA) is 76.2 Å². The molecule has 0 spiro atoms. The first kappa shape index (κ1) is 17.8. The fourth-order valence-corrected chi connectivity index (χ4v) is 4.29. The van der Waals surface area contributed by atoms with Crippen LogP contribution in [0.15, 0.2) is 76.4 Å². The molecule has 31 heavy (non-hydrogen) atoms. The van der Waals surface area contributed by atoms with Gasteiger partial charge in [0, 0.05) is 17.6 Å². The van der Waals surface area contributed by atoms with Crippen molar-refractivity contribution in [2.45, 2.75) is 18.9 Å². The van der Waals surface area contributed by atoms with Crippen molar-refractivity contribution in [2.75, 3.05) is 0 Å². The third kappa shape index (κ3) is 2.81. The van der Waals surface area contributed by atoms with E-state index in [1.165, 1.54) is 12.3 Å². The second-order valence-corrected chi connectivity index (χ2v) is 8.02.